The van der Waals surface area contributed by atoms with Gasteiger partial charge in [-0.1, -0.05) is 46.0 Å². The Morgan fingerprint density at radius 3 is 2.47 bits per heavy atom. The molecule has 1 N–H and O–H groups in total. The quantitative estimate of drug-likeness (QED) is 0.625. The maximum atomic E-state index is 12.8. The summed E-state index contributed by atoms with van der Waals surface area (Å²) in [5, 5.41) is 3.51. The van der Waals surface area contributed by atoms with Crippen LogP contribution in [0.2, 0.25) is 0 Å². The molecular formula is C16H27FN2. The van der Waals surface area contributed by atoms with E-state index in [-0.39, 0.29) is 11.9 Å². The van der Waals surface area contributed by atoms with Gasteiger partial charge in [-0.3, -0.25) is 4.98 Å². The Morgan fingerprint density at radius 2 is 1.84 bits per heavy atom. The summed E-state index contributed by atoms with van der Waals surface area (Å²) < 4.78 is 12.8. The van der Waals surface area contributed by atoms with Crippen molar-refractivity contribution in [1.29, 1.82) is 0 Å². The van der Waals surface area contributed by atoms with Crippen molar-refractivity contribution in [3.63, 3.8) is 0 Å². The van der Waals surface area contributed by atoms with Gasteiger partial charge in [-0.25, -0.2) is 4.39 Å². The van der Waals surface area contributed by atoms with Gasteiger partial charge in [-0.2, -0.15) is 0 Å². The van der Waals surface area contributed by atoms with Crippen LogP contribution in [0, 0.1) is 5.82 Å². The molecule has 0 aliphatic carbocycles. The molecule has 19 heavy (non-hydrogen) atoms. The Labute approximate surface area is 116 Å². The predicted octanol–water partition coefficient (Wildman–Crippen LogP) is 4.62. The second kappa shape index (κ2) is 9.90. The Kier molecular flexibility index (Phi) is 8.39. The molecule has 1 atom stereocenters. The van der Waals surface area contributed by atoms with Crippen LogP contribution in [0.25, 0.3) is 0 Å². The molecule has 0 bridgehead atoms. The minimum Gasteiger partial charge on any atom is -0.309 e. The number of pyridine rings is 1. The Morgan fingerprint density at radius 1 is 1.11 bits per heavy atom. The van der Waals surface area contributed by atoms with Crippen LogP contribution >= 0.6 is 0 Å². The first-order valence-electron chi connectivity index (χ1n) is 7.62. The predicted molar refractivity (Wildman–Crippen MR) is 78.6 cm³/mol. The lowest BCUT2D eigenvalue weighted by Crippen LogP contribution is -2.22. The molecule has 1 aromatic rings. The number of unbranched alkanes of at least 4 members (excludes halogenated alkanes) is 5. The van der Waals surface area contributed by atoms with Crippen molar-refractivity contribution in [1.82, 2.24) is 10.3 Å². The molecule has 0 radical (unpaired) electrons. The zero-order chi connectivity index (χ0) is 13.9. The summed E-state index contributed by atoms with van der Waals surface area (Å²) >= 11 is 0. The van der Waals surface area contributed by atoms with Crippen LogP contribution in [-0.2, 0) is 0 Å². The number of rotatable bonds is 10. The molecule has 0 saturated carbocycles. The Bertz CT molecular complexity index is 324. The van der Waals surface area contributed by atoms with Crippen LogP contribution in [0.3, 0.4) is 0 Å². The number of hydrogen-bond acceptors (Lipinski definition) is 2. The Hall–Kier alpha value is -0.960. The van der Waals surface area contributed by atoms with Gasteiger partial charge >= 0.3 is 0 Å². The molecule has 0 saturated heterocycles. The standard InChI is InChI=1S/C16H27FN2/c1-3-5-6-7-8-9-12-18-15(4-2)16-11-10-14(17)13-19-16/h10-11,13,15,18H,3-9,12H2,1-2H3. The van der Waals surface area contributed by atoms with Gasteiger partial charge in [0.05, 0.1) is 11.9 Å². The second-order valence-electron chi connectivity index (χ2n) is 5.08. The molecule has 1 rings (SSSR count). The smallest absolute Gasteiger partial charge is 0.141 e. The molecule has 1 aromatic heterocycles. The van der Waals surface area contributed by atoms with E-state index in [1.54, 1.807) is 6.07 Å². The minimum atomic E-state index is -0.269. The fraction of sp³-hybridized carbons (Fsp3) is 0.688. The molecule has 1 unspecified atom stereocenters. The number of halogens is 1. The van der Waals surface area contributed by atoms with Crippen LogP contribution in [0.5, 0.6) is 0 Å². The highest BCUT2D eigenvalue weighted by atomic mass is 19.1. The zero-order valence-corrected chi connectivity index (χ0v) is 12.3. The summed E-state index contributed by atoms with van der Waals surface area (Å²) in [6.07, 6.45) is 10.1. The molecule has 108 valence electrons. The third kappa shape index (κ3) is 6.67. The van der Waals surface area contributed by atoms with E-state index in [0.717, 1.165) is 18.7 Å². The largest absolute Gasteiger partial charge is 0.309 e. The van der Waals surface area contributed by atoms with Crippen LogP contribution in [0.1, 0.15) is 70.5 Å². The zero-order valence-electron chi connectivity index (χ0n) is 12.3. The minimum absolute atomic E-state index is 0.247. The van der Waals surface area contributed by atoms with Gasteiger partial charge in [0.1, 0.15) is 5.82 Å². The summed E-state index contributed by atoms with van der Waals surface area (Å²) in [5.74, 6) is -0.269. The monoisotopic (exact) mass is 266 g/mol. The van der Waals surface area contributed by atoms with Crippen molar-refractivity contribution in [2.75, 3.05) is 6.54 Å². The lowest BCUT2D eigenvalue weighted by Gasteiger charge is -2.16. The van der Waals surface area contributed by atoms with E-state index in [4.69, 9.17) is 0 Å². The van der Waals surface area contributed by atoms with Crippen molar-refractivity contribution in [2.24, 2.45) is 0 Å². The molecule has 0 fully saturated rings. The van der Waals surface area contributed by atoms with Crippen LogP contribution in [-0.4, -0.2) is 11.5 Å². The third-order valence-electron chi connectivity index (χ3n) is 3.44. The van der Waals surface area contributed by atoms with E-state index in [2.05, 4.69) is 24.1 Å². The van der Waals surface area contributed by atoms with Gasteiger partial charge in [-0.15, -0.1) is 0 Å². The van der Waals surface area contributed by atoms with E-state index < -0.39 is 0 Å². The first-order valence-corrected chi connectivity index (χ1v) is 7.62. The maximum absolute atomic E-state index is 12.8. The van der Waals surface area contributed by atoms with Crippen molar-refractivity contribution in [2.45, 2.75) is 64.8 Å². The molecule has 0 aromatic carbocycles. The van der Waals surface area contributed by atoms with Gasteiger partial charge in [-0.05, 0) is 31.5 Å². The van der Waals surface area contributed by atoms with Crippen LogP contribution in [0.4, 0.5) is 4.39 Å². The van der Waals surface area contributed by atoms with E-state index in [9.17, 15) is 4.39 Å². The normalized spacial score (nSPS) is 12.6. The van der Waals surface area contributed by atoms with E-state index in [1.165, 1.54) is 50.8 Å². The highest BCUT2D eigenvalue weighted by molar-refractivity contribution is 5.09. The molecule has 0 amide bonds. The van der Waals surface area contributed by atoms with Gasteiger partial charge in [0.15, 0.2) is 0 Å². The number of aromatic nitrogens is 1. The lowest BCUT2D eigenvalue weighted by atomic mass is 10.1. The van der Waals surface area contributed by atoms with E-state index in [0.29, 0.717) is 0 Å². The van der Waals surface area contributed by atoms with Crippen LogP contribution in [0.15, 0.2) is 18.3 Å². The summed E-state index contributed by atoms with van der Waals surface area (Å²) in [4.78, 5) is 4.15. The average Bonchev–Trinajstić information content (AvgIpc) is 2.43. The molecule has 0 spiro atoms. The summed E-state index contributed by atoms with van der Waals surface area (Å²) in [7, 11) is 0. The summed E-state index contributed by atoms with van der Waals surface area (Å²) in [5.41, 5.74) is 0.940. The van der Waals surface area contributed by atoms with E-state index >= 15 is 0 Å². The van der Waals surface area contributed by atoms with E-state index in [1.807, 2.05) is 0 Å². The van der Waals surface area contributed by atoms with Crippen molar-refractivity contribution >= 4 is 0 Å². The van der Waals surface area contributed by atoms with Crippen molar-refractivity contribution in [3.8, 4) is 0 Å². The number of nitrogens with one attached hydrogen (secondary N) is 1. The van der Waals surface area contributed by atoms with Crippen molar-refractivity contribution in [3.05, 3.63) is 29.8 Å². The fourth-order valence-electron chi connectivity index (χ4n) is 2.23. The lowest BCUT2D eigenvalue weighted by molar-refractivity contribution is 0.483. The summed E-state index contributed by atoms with van der Waals surface area (Å²) in [6, 6.07) is 3.51. The fourth-order valence-corrected chi connectivity index (χ4v) is 2.23. The third-order valence-corrected chi connectivity index (χ3v) is 3.44. The van der Waals surface area contributed by atoms with Gasteiger partial charge in [0.2, 0.25) is 0 Å². The first kappa shape index (κ1) is 16.1. The van der Waals surface area contributed by atoms with Gasteiger partial charge in [0, 0.05) is 6.04 Å². The van der Waals surface area contributed by atoms with Crippen molar-refractivity contribution < 1.29 is 4.39 Å². The highest BCUT2D eigenvalue weighted by Crippen LogP contribution is 2.14. The topological polar surface area (TPSA) is 24.9 Å². The molecule has 0 aliphatic heterocycles. The molecule has 3 heteroatoms. The maximum Gasteiger partial charge on any atom is 0.141 e. The number of nitrogens with zero attached hydrogens (tertiary/aromatic N) is 1. The van der Waals surface area contributed by atoms with Gasteiger partial charge in [0.25, 0.3) is 0 Å². The molecular weight excluding hydrogens is 239 g/mol. The number of hydrogen-bond donors (Lipinski definition) is 1. The summed E-state index contributed by atoms with van der Waals surface area (Å²) in [6.45, 7) is 5.39. The first-order chi connectivity index (χ1) is 9.27. The highest BCUT2D eigenvalue weighted by Gasteiger charge is 2.09. The van der Waals surface area contributed by atoms with Gasteiger partial charge < -0.3 is 5.32 Å². The van der Waals surface area contributed by atoms with Crippen LogP contribution < -0.4 is 5.32 Å². The molecule has 1 heterocycles. The second-order valence-corrected chi connectivity index (χ2v) is 5.08. The molecule has 0 aliphatic rings. The SMILES string of the molecule is CCCCCCCCNC(CC)c1ccc(F)cn1. The Balaban J connectivity index is 2.20. The average molecular weight is 266 g/mol. The molecule has 2 nitrogen and oxygen atoms in total.